The maximum atomic E-state index is 13.7. The van der Waals surface area contributed by atoms with Crippen molar-refractivity contribution < 1.29 is 24.2 Å². The van der Waals surface area contributed by atoms with Crippen molar-refractivity contribution in [2.75, 3.05) is 12.1 Å². The number of carbonyl (C=O) groups excluding carboxylic acids is 1. The lowest BCUT2D eigenvalue weighted by Gasteiger charge is -2.30. The summed E-state index contributed by atoms with van der Waals surface area (Å²) >= 11 is 0. The Morgan fingerprint density at radius 3 is 2.60 bits per heavy atom. The monoisotopic (exact) mass is 540 g/mol. The number of imidazole rings is 1. The summed E-state index contributed by atoms with van der Waals surface area (Å²) in [5, 5.41) is 16.1. The maximum Gasteiger partial charge on any atom is 0.305 e. The van der Waals surface area contributed by atoms with Gasteiger partial charge < -0.3 is 25.2 Å². The number of aromatic nitrogens is 2. The van der Waals surface area contributed by atoms with E-state index in [1.165, 1.54) is 0 Å². The number of hydrogen-bond donors (Lipinski definition) is 3. The highest BCUT2D eigenvalue weighted by atomic mass is 16.7. The molecule has 1 unspecified atom stereocenters. The first kappa shape index (κ1) is 25.7. The predicted molar refractivity (Wildman–Crippen MR) is 151 cm³/mol. The molecule has 1 saturated carbocycles. The first-order valence-corrected chi connectivity index (χ1v) is 13.8. The quantitative estimate of drug-likeness (QED) is 0.257. The van der Waals surface area contributed by atoms with Gasteiger partial charge in [-0.15, -0.1) is 0 Å². The Kier molecular flexibility index (Phi) is 7.27. The Morgan fingerprint density at radius 2 is 1.80 bits per heavy atom. The number of carbonyl (C=O) groups is 2. The van der Waals surface area contributed by atoms with Gasteiger partial charge in [0.05, 0.1) is 12.0 Å². The van der Waals surface area contributed by atoms with Gasteiger partial charge in [-0.3, -0.25) is 14.0 Å². The molecule has 0 saturated heterocycles. The summed E-state index contributed by atoms with van der Waals surface area (Å²) in [6, 6.07) is 18.9. The van der Waals surface area contributed by atoms with Crippen LogP contribution in [0.5, 0.6) is 11.5 Å². The molecule has 4 aromatic rings. The Hall–Kier alpha value is -4.53. The molecule has 3 heterocycles. The molecule has 1 aliphatic carbocycles. The summed E-state index contributed by atoms with van der Waals surface area (Å²) < 4.78 is 13.0. The lowest BCUT2D eigenvalue weighted by molar-refractivity contribution is -0.137. The number of carboxylic acid groups (broad SMARTS) is 1. The van der Waals surface area contributed by atoms with Crippen LogP contribution in [0.25, 0.3) is 16.9 Å². The Morgan fingerprint density at radius 1 is 1.00 bits per heavy atom. The largest absolute Gasteiger partial charge is 0.481 e. The van der Waals surface area contributed by atoms with Crippen LogP contribution >= 0.6 is 0 Å². The van der Waals surface area contributed by atoms with Crippen molar-refractivity contribution in [3.05, 3.63) is 78.0 Å². The molecule has 3 N–H and O–H groups in total. The zero-order valence-electron chi connectivity index (χ0n) is 22.1. The molecule has 206 valence electrons. The van der Waals surface area contributed by atoms with Crippen molar-refractivity contribution in [1.82, 2.24) is 14.7 Å². The summed E-state index contributed by atoms with van der Waals surface area (Å²) in [5.41, 5.74) is 3.47. The fourth-order valence-corrected chi connectivity index (χ4v) is 5.75. The molecule has 1 aliphatic heterocycles. The van der Waals surface area contributed by atoms with Gasteiger partial charge in [-0.2, -0.15) is 0 Å². The molecular formula is C31H32N4O5. The summed E-state index contributed by atoms with van der Waals surface area (Å²) in [7, 11) is 0. The van der Waals surface area contributed by atoms with E-state index in [2.05, 4.69) is 10.6 Å². The minimum Gasteiger partial charge on any atom is -0.481 e. The van der Waals surface area contributed by atoms with E-state index in [1.807, 2.05) is 65.2 Å². The fourth-order valence-electron chi connectivity index (χ4n) is 5.75. The number of hydrogen-bond acceptors (Lipinski definition) is 6. The minimum atomic E-state index is -0.910. The van der Waals surface area contributed by atoms with Gasteiger partial charge >= 0.3 is 5.97 Å². The number of nitrogens with one attached hydrogen (secondary N) is 2. The zero-order chi connectivity index (χ0) is 27.5. The van der Waals surface area contributed by atoms with E-state index in [4.69, 9.17) is 14.5 Å². The molecule has 9 heteroatoms. The lowest BCUT2D eigenvalue weighted by atomic mass is 9.82. The fraction of sp³-hybridized carbons (Fsp3) is 0.323. The number of anilines is 1. The van der Waals surface area contributed by atoms with Gasteiger partial charge in [0.2, 0.25) is 6.79 Å². The number of pyridine rings is 1. The zero-order valence-corrected chi connectivity index (χ0v) is 22.1. The number of aliphatic carboxylic acids is 1. The van der Waals surface area contributed by atoms with Crippen LogP contribution < -0.4 is 20.1 Å². The van der Waals surface area contributed by atoms with Crippen molar-refractivity contribution in [2.45, 2.75) is 51.1 Å². The van der Waals surface area contributed by atoms with Gasteiger partial charge in [0, 0.05) is 24.3 Å². The standard InChI is InChI=1S/C31H32N4O5/c36-27(37)17-24(21-10-5-2-6-11-21)33-31(38)23-12-7-15-35-29(23)34-28(22-13-14-25-26(16-22)40-19-39-25)30(35)32-18-20-8-3-1-4-9-20/h1,3-4,7-9,12-16,21,24,32H,2,5-6,10-11,17-19H2,(H,33,38)(H,36,37). The van der Waals surface area contributed by atoms with E-state index >= 15 is 0 Å². The number of rotatable bonds is 9. The second kappa shape index (κ2) is 11.3. The van der Waals surface area contributed by atoms with Crippen molar-refractivity contribution in [2.24, 2.45) is 5.92 Å². The molecule has 9 nitrogen and oxygen atoms in total. The first-order valence-electron chi connectivity index (χ1n) is 13.8. The van der Waals surface area contributed by atoms with Gasteiger partial charge in [-0.25, -0.2) is 4.98 Å². The third-order valence-corrected chi connectivity index (χ3v) is 7.77. The number of amides is 1. The molecule has 2 aromatic carbocycles. The third-order valence-electron chi connectivity index (χ3n) is 7.77. The summed E-state index contributed by atoms with van der Waals surface area (Å²) in [5.74, 6) is 0.984. The second-order valence-corrected chi connectivity index (χ2v) is 10.4. The van der Waals surface area contributed by atoms with E-state index in [0.717, 1.165) is 49.0 Å². The first-order chi connectivity index (χ1) is 19.6. The van der Waals surface area contributed by atoms with E-state index < -0.39 is 12.0 Å². The SMILES string of the molecule is O=C(O)CC(NC(=O)c1cccn2c(NCc3ccccc3)c(-c3ccc4c(c3)OCO4)nc12)C1CCCCC1. The molecule has 2 aromatic heterocycles. The molecule has 40 heavy (non-hydrogen) atoms. The molecular weight excluding hydrogens is 508 g/mol. The summed E-state index contributed by atoms with van der Waals surface area (Å²) in [4.78, 5) is 30.3. The molecule has 0 radical (unpaired) electrons. The van der Waals surface area contributed by atoms with Crippen molar-refractivity contribution >= 4 is 23.3 Å². The van der Waals surface area contributed by atoms with Crippen LogP contribution in [0.2, 0.25) is 0 Å². The van der Waals surface area contributed by atoms with Crippen LogP contribution in [-0.4, -0.2) is 39.2 Å². The minimum absolute atomic E-state index is 0.0969. The van der Waals surface area contributed by atoms with Crippen molar-refractivity contribution in [3.63, 3.8) is 0 Å². The van der Waals surface area contributed by atoms with Gasteiger partial charge in [0.1, 0.15) is 11.5 Å². The van der Waals surface area contributed by atoms with Crippen molar-refractivity contribution in [1.29, 1.82) is 0 Å². The van der Waals surface area contributed by atoms with E-state index in [-0.39, 0.29) is 25.0 Å². The summed E-state index contributed by atoms with van der Waals surface area (Å²) in [6.07, 6.45) is 6.89. The lowest BCUT2D eigenvalue weighted by Crippen LogP contribution is -2.42. The van der Waals surface area contributed by atoms with Gasteiger partial charge in [-0.05, 0) is 54.7 Å². The Labute approximate surface area is 232 Å². The van der Waals surface area contributed by atoms with Gasteiger partial charge in [-0.1, -0.05) is 49.6 Å². The highest BCUT2D eigenvalue weighted by Crippen LogP contribution is 2.38. The van der Waals surface area contributed by atoms with Crippen LogP contribution in [-0.2, 0) is 11.3 Å². The van der Waals surface area contributed by atoms with Crippen LogP contribution in [0.1, 0.15) is 54.4 Å². The van der Waals surface area contributed by atoms with Crippen LogP contribution in [0.3, 0.4) is 0 Å². The van der Waals surface area contributed by atoms with Crippen LogP contribution in [0, 0.1) is 5.92 Å². The van der Waals surface area contributed by atoms with Gasteiger partial charge in [0.15, 0.2) is 17.1 Å². The molecule has 1 atom stereocenters. The molecule has 1 fully saturated rings. The average Bonchev–Trinajstić information content (AvgIpc) is 3.60. The molecule has 6 rings (SSSR count). The maximum absolute atomic E-state index is 13.7. The highest BCUT2D eigenvalue weighted by Gasteiger charge is 2.29. The van der Waals surface area contributed by atoms with E-state index in [0.29, 0.717) is 34.9 Å². The van der Waals surface area contributed by atoms with Crippen molar-refractivity contribution in [3.8, 4) is 22.8 Å². The molecule has 1 amide bonds. The molecule has 0 bridgehead atoms. The second-order valence-electron chi connectivity index (χ2n) is 10.4. The number of carboxylic acids is 1. The Balaban J connectivity index is 1.37. The average molecular weight is 541 g/mol. The molecule has 0 spiro atoms. The van der Waals surface area contributed by atoms with Crippen LogP contribution in [0.4, 0.5) is 5.82 Å². The number of nitrogens with zero attached hydrogens (tertiary/aromatic N) is 2. The summed E-state index contributed by atoms with van der Waals surface area (Å²) in [6.45, 7) is 0.733. The number of benzene rings is 2. The van der Waals surface area contributed by atoms with E-state index in [1.54, 1.807) is 6.07 Å². The molecule has 2 aliphatic rings. The third kappa shape index (κ3) is 5.32. The van der Waals surface area contributed by atoms with E-state index in [9.17, 15) is 14.7 Å². The number of ether oxygens (including phenoxy) is 2. The van der Waals surface area contributed by atoms with Crippen LogP contribution in [0.15, 0.2) is 66.9 Å². The Bertz CT molecular complexity index is 1530. The highest BCUT2D eigenvalue weighted by molar-refractivity contribution is 6.01. The normalized spacial score (nSPS) is 15.6. The predicted octanol–water partition coefficient (Wildman–Crippen LogP) is 5.50. The number of fused-ring (bicyclic) bond motifs is 2. The van der Waals surface area contributed by atoms with Gasteiger partial charge in [0.25, 0.3) is 5.91 Å². The smallest absolute Gasteiger partial charge is 0.305 e. The topological polar surface area (TPSA) is 114 Å².